The van der Waals surface area contributed by atoms with Crippen LogP contribution in [0.5, 0.6) is 0 Å². The summed E-state index contributed by atoms with van der Waals surface area (Å²) in [5, 5.41) is 5.45. The first kappa shape index (κ1) is 35.2. The molecular weight excluding hydrogens is 665 g/mol. The predicted octanol–water partition coefficient (Wildman–Crippen LogP) is 4.19. The molecule has 4 aromatic rings. The van der Waals surface area contributed by atoms with Crippen LogP contribution in [0.25, 0.3) is 0 Å². The van der Waals surface area contributed by atoms with E-state index in [4.69, 9.17) is 0 Å². The molecule has 0 atom stereocenters. The molecule has 0 bridgehead atoms. The van der Waals surface area contributed by atoms with Crippen molar-refractivity contribution < 1.29 is 26.4 Å². The van der Waals surface area contributed by atoms with Gasteiger partial charge in [-0.25, -0.2) is 46.2 Å². The van der Waals surface area contributed by atoms with E-state index in [2.05, 4.69) is 40.0 Å². The first-order valence-corrected chi connectivity index (χ1v) is 18.4. The molecule has 0 aliphatic rings. The summed E-state index contributed by atoms with van der Waals surface area (Å²) in [4.78, 5) is 41.1. The zero-order valence-corrected chi connectivity index (χ0v) is 28.5. The van der Waals surface area contributed by atoms with Gasteiger partial charge in [-0.3, -0.25) is 9.59 Å². The molecule has 4 N–H and O–H groups in total. The summed E-state index contributed by atoms with van der Waals surface area (Å²) < 4.78 is 55.5. The van der Waals surface area contributed by atoms with E-state index in [9.17, 15) is 26.4 Å². The maximum atomic E-state index is 12.7. The number of nitrogens with one attached hydrogen (secondary N) is 4. The highest BCUT2D eigenvalue weighted by atomic mass is 32.2. The number of rotatable bonds is 14. The highest BCUT2D eigenvalue weighted by molar-refractivity contribution is 7.99. The maximum Gasteiger partial charge on any atom is 0.264 e. The minimum absolute atomic E-state index is 0.00615. The predicted molar refractivity (Wildman–Crippen MR) is 181 cm³/mol. The van der Waals surface area contributed by atoms with Crippen LogP contribution in [0.15, 0.2) is 70.5 Å². The van der Waals surface area contributed by atoms with Crippen LogP contribution in [-0.4, -0.2) is 60.1 Å². The Morgan fingerprint density at radius 3 is 1.21 bits per heavy atom. The number of nitrogens with zero attached hydrogens (tertiary/aromatic N) is 4. The highest BCUT2D eigenvalue weighted by Gasteiger charge is 2.18. The molecule has 248 valence electrons. The van der Waals surface area contributed by atoms with Crippen molar-refractivity contribution in [2.45, 2.75) is 50.3 Å². The average molecular weight is 699 g/mol. The Kier molecular flexibility index (Phi) is 11.5. The molecule has 0 radical (unpaired) electrons. The molecule has 0 saturated heterocycles. The van der Waals surface area contributed by atoms with Gasteiger partial charge in [0, 0.05) is 58.5 Å². The maximum absolute atomic E-state index is 12.7. The van der Waals surface area contributed by atoms with Crippen molar-refractivity contribution in [3.8, 4) is 0 Å². The van der Waals surface area contributed by atoms with Crippen molar-refractivity contribution in [2.75, 3.05) is 31.6 Å². The number of anilines is 4. The number of sulfonamides is 2. The molecule has 2 heterocycles. The lowest BCUT2D eigenvalue weighted by Crippen LogP contribution is -2.16. The van der Waals surface area contributed by atoms with Crippen LogP contribution in [0.2, 0.25) is 0 Å². The topological polar surface area (TPSA) is 202 Å². The molecule has 2 aromatic heterocycles. The Morgan fingerprint density at radius 2 is 0.894 bits per heavy atom. The second kappa shape index (κ2) is 15.3. The van der Waals surface area contributed by atoms with Gasteiger partial charge in [0.15, 0.2) is 0 Å². The van der Waals surface area contributed by atoms with Crippen molar-refractivity contribution >= 4 is 66.9 Å². The smallest absolute Gasteiger partial charge is 0.264 e. The summed E-state index contributed by atoms with van der Waals surface area (Å²) in [6.45, 7) is 6.96. The summed E-state index contributed by atoms with van der Waals surface area (Å²) in [5.74, 6) is 0.385. The Balaban J connectivity index is 1.16. The number of hydrogen-bond donors (Lipinski definition) is 4. The number of amides is 2. The average Bonchev–Trinajstić information content (AvgIpc) is 2.96. The third-order valence-corrected chi connectivity index (χ3v) is 9.93. The summed E-state index contributed by atoms with van der Waals surface area (Å²) >= 11 is 1.43. The molecule has 0 fully saturated rings. The lowest BCUT2D eigenvalue weighted by Gasteiger charge is -2.10. The van der Waals surface area contributed by atoms with Crippen LogP contribution in [0.1, 0.15) is 35.6 Å². The number of thioether (sulfide) groups is 1. The molecular formula is C30H34N8O6S3. The van der Waals surface area contributed by atoms with Crippen molar-refractivity contribution in [1.82, 2.24) is 19.9 Å². The van der Waals surface area contributed by atoms with Crippen molar-refractivity contribution in [1.29, 1.82) is 0 Å². The fourth-order valence-electron chi connectivity index (χ4n) is 4.21. The van der Waals surface area contributed by atoms with Gasteiger partial charge in [0.05, 0.1) is 9.79 Å². The lowest BCUT2D eigenvalue weighted by molar-refractivity contribution is -0.116. The summed E-state index contributed by atoms with van der Waals surface area (Å²) in [6.07, 6.45) is 0.379. The van der Waals surface area contributed by atoms with E-state index in [0.29, 0.717) is 45.7 Å². The van der Waals surface area contributed by atoms with Crippen molar-refractivity contribution in [3.63, 3.8) is 0 Å². The fraction of sp³-hybridized carbons (Fsp3) is 0.267. The monoisotopic (exact) mass is 698 g/mol. The van der Waals surface area contributed by atoms with E-state index >= 15 is 0 Å². The first-order valence-electron chi connectivity index (χ1n) is 14.3. The second-order valence-electron chi connectivity index (χ2n) is 10.4. The SMILES string of the molecule is Cc1cc(C)nc(NS(=O)(=O)c2ccc(NC(=O)CCSCCC(=O)Nc3ccc(S(=O)(=O)Nc4nc(C)cc(C)n4)cc3)cc2)n1. The Bertz CT molecular complexity index is 1790. The van der Waals surface area contributed by atoms with Crippen LogP contribution in [-0.2, 0) is 29.6 Å². The number of aromatic nitrogens is 4. The van der Waals surface area contributed by atoms with Crippen LogP contribution in [0, 0.1) is 27.7 Å². The number of hydrogen-bond acceptors (Lipinski definition) is 11. The van der Waals surface area contributed by atoms with E-state index in [1.807, 2.05) is 0 Å². The lowest BCUT2D eigenvalue weighted by atomic mass is 10.3. The summed E-state index contributed by atoms with van der Waals surface area (Å²) in [5.41, 5.74) is 3.40. The standard InChI is InChI=1S/C30H34N8O6S3/c1-19-17-20(2)32-29(31-19)37-46(41,42)25-9-5-23(6-10-25)35-27(39)13-15-45-16-14-28(40)36-24-7-11-26(12-8-24)47(43,44)38-30-33-21(3)18-22(4)34-30/h5-12,17-18H,13-16H2,1-4H3,(H,35,39)(H,36,40)(H,31,32,37)(H,33,34,38). The Morgan fingerprint density at radius 1 is 0.574 bits per heavy atom. The van der Waals surface area contributed by atoms with Gasteiger partial charge in [0.1, 0.15) is 0 Å². The molecule has 14 nitrogen and oxygen atoms in total. The molecule has 0 spiro atoms. The van der Waals surface area contributed by atoms with Gasteiger partial charge in [-0.15, -0.1) is 0 Å². The van der Waals surface area contributed by atoms with Gasteiger partial charge in [-0.2, -0.15) is 11.8 Å². The van der Waals surface area contributed by atoms with Gasteiger partial charge in [-0.05, 0) is 88.4 Å². The number of carbonyl (C=O) groups is 2. The molecule has 47 heavy (non-hydrogen) atoms. The fourth-order valence-corrected chi connectivity index (χ4v) is 6.97. The van der Waals surface area contributed by atoms with Crippen LogP contribution < -0.4 is 20.1 Å². The zero-order valence-electron chi connectivity index (χ0n) is 26.1. The molecule has 2 aromatic carbocycles. The zero-order chi connectivity index (χ0) is 34.2. The third kappa shape index (κ3) is 10.7. The van der Waals surface area contributed by atoms with Crippen LogP contribution >= 0.6 is 11.8 Å². The van der Waals surface area contributed by atoms with Crippen molar-refractivity contribution in [3.05, 3.63) is 83.4 Å². The molecule has 17 heteroatoms. The van der Waals surface area contributed by atoms with Crippen LogP contribution in [0.4, 0.5) is 23.3 Å². The van der Waals surface area contributed by atoms with E-state index in [1.54, 1.807) is 39.8 Å². The van der Waals surface area contributed by atoms with E-state index < -0.39 is 20.0 Å². The van der Waals surface area contributed by atoms with Gasteiger partial charge in [-0.1, -0.05) is 0 Å². The summed E-state index contributed by atoms with van der Waals surface area (Å²) in [7, 11) is -7.83. The van der Waals surface area contributed by atoms with Gasteiger partial charge >= 0.3 is 0 Å². The molecule has 0 unspecified atom stereocenters. The third-order valence-electron chi connectivity index (χ3n) is 6.26. The Hall–Kier alpha value is -4.61. The summed E-state index contributed by atoms with van der Waals surface area (Å²) in [6, 6.07) is 14.9. The minimum Gasteiger partial charge on any atom is -0.326 e. The molecule has 0 saturated carbocycles. The van der Waals surface area contributed by atoms with Gasteiger partial charge in [0.2, 0.25) is 23.7 Å². The van der Waals surface area contributed by atoms with Crippen LogP contribution in [0.3, 0.4) is 0 Å². The normalized spacial score (nSPS) is 11.5. The minimum atomic E-state index is -3.92. The number of carbonyl (C=O) groups excluding carboxylic acids is 2. The van der Waals surface area contributed by atoms with E-state index in [0.717, 1.165) is 0 Å². The van der Waals surface area contributed by atoms with E-state index in [1.165, 1.54) is 60.3 Å². The number of benzene rings is 2. The quantitative estimate of drug-likeness (QED) is 0.138. The molecule has 2 amide bonds. The first-order chi connectivity index (χ1) is 22.2. The molecule has 4 rings (SSSR count). The highest BCUT2D eigenvalue weighted by Crippen LogP contribution is 2.19. The van der Waals surface area contributed by atoms with Crippen molar-refractivity contribution in [2.24, 2.45) is 0 Å². The van der Waals surface area contributed by atoms with Gasteiger partial charge < -0.3 is 10.6 Å². The second-order valence-corrected chi connectivity index (χ2v) is 15.0. The van der Waals surface area contributed by atoms with E-state index in [-0.39, 0.29) is 46.3 Å². The largest absolute Gasteiger partial charge is 0.326 e. The van der Waals surface area contributed by atoms with Gasteiger partial charge in [0.25, 0.3) is 20.0 Å². The molecule has 0 aliphatic heterocycles. The number of aryl methyl sites for hydroxylation is 4. The Labute approximate surface area is 277 Å². The molecule has 0 aliphatic carbocycles.